The van der Waals surface area contributed by atoms with Gasteiger partial charge in [0, 0.05) is 6.42 Å². The molecule has 3 atom stereocenters. The van der Waals surface area contributed by atoms with E-state index < -0.39 is 18.2 Å². The van der Waals surface area contributed by atoms with E-state index in [-0.39, 0.29) is 12.5 Å². The van der Waals surface area contributed by atoms with E-state index in [0.29, 0.717) is 12.8 Å². The second-order valence-corrected chi connectivity index (χ2v) is 13.8. The summed E-state index contributed by atoms with van der Waals surface area (Å²) in [6, 6.07) is -0.827. The minimum absolute atomic E-state index is 0.158. The van der Waals surface area contributed by atoms with Crippen molar-refractivity contribution >= 4 is 5.91 Å². The number of hydrogen-bond donors (Lipinski definition) is 4. The number of unbranched alkanes of at least 4 members (excludes halogenated alkanes) is 24. The van der Waals surface area contributed by atoms with Crippen molar-refractivity contribution in [2.45, 2.75) is 225 Å². The van der Waals surface area contributed by atoms with Gasteiger partial charge < -0.3 is 20.6 Å². The standard InChI is InChI=1S/C41H79NO4/c1-3-5-7-9-11-13-15-17-19-20-22-23-25-27-29-31-33-35-39(44)41(46)38(37-43)42-40(45)36-34-32-30-28-26-24-21-18-16-14-12-10-8-6-4-2/h20,22,27,29,38-39,41,43-44,46H,3-19,21,23-26,28,30-37H2,1-2H3,(H,42,45)/b22-20+,29-27+. The van der Waals surface area contributed by atoms with Gasteiger partial charge in [0.25, 0.3) is 0 Å². The average Bonchev–Trinajstić information content (AvgIpc) is 3.06. The minimum atomic E-state index is -1.16. The van der Waals surface area contributed by atoms with Crippen LogP contribution in [0.2, 0.25) is 0 Å². The number of aliphatic hydroxyl groups is 3. The van der Waals surface area contributed by atoms with E-state index >= 15 is 0 Å². The fourth-order valence-electron chi connectivity index (χ4n) is 6.12. The Morgan fingerprint density at radius 1 is 0.522 bits per heavy atom. The first-order valence-electron chi connectivity index (χ1n) is 20.1. The Morgan fingerprint density at radius 3 is 1.33 bits per heavy atom. The zero-order chi connectivity index (χ0) is 33.8. The highest BCUT2D eigenvalue weighted by atomic mass is 16.3. The highest BCUT2D eigenvalue weighted by Gasteiger charge is 2.26. The van der Waals surface area contributed by atoms with Crippen molar-refractivity contribution in [1.29, 1.82) is 0 Å². The Labute approximate surface area is 286 Å². The van der Waals surface area contributed by atoms with Crippen LogP contribution in [0.5, 0.6) is 0 Å². The zero-order valence-electron chi connectivity index (χ0n) is 30.7. The lowest BCUT2D eigenvalue weighted by atomic mass is 10.0. The average molecular weight is 650 g/mol. The topological polar surface area (TPSA) is 89.8 Å². The van der Waals surface area contributed by atoms with Gasteiger partial charge in [-0.2, -0.15) is 0 Å². The van der Waals surface area contributed by atoms with E-state index in [1.54, 1.807) is 0 Å². The molecule has 46 heavy (non-hydrogen) atoms. The van der Waals surface area contributed by atoms with Gasteiger partial charge in [-0.15, -0.1) is 0 Å². The van der Waals surface area contributed by atoms with Crippen molar-refractivity contribution in [3.63, 3.8) is 0 Å². The molecule has 5 heteroatoms. The van der Waals surface area contributed by atoms with Gasteiger partial charge >= 0.3 is 0 Å². The van der Waals surface area contributed by atoms with Crippen LogP contribution in [0.4, 0.5) is 0 Å². The number of nitrogens with one attached hydrogen (secondary N) is 1. The summed E-state index contributed by atoms with van der Waals surface area (Å²) in [6.07, 6.45) is 42.7. The smallest absolute Gasteiger partial charge is 0.220 e. The molecular weight excluding hydrogens is 570 g/mol. The third-order valence-electron chi connectivity index (χ3n) is 9.29. The van der Waals surface area contributed by atoms with Gasteiger partial charge in [0.05, 0.1) is 18.8 Å². The fourth-order valence-corrected chi connectivity index (χ4v) is 6.12. The number of carbonyl (C=O) groups is 1. The van der Waals surface area contributed by atoms with Crippen molar-refractivity contribution < 1.29 is 20.1 Å². The van der Waals surface area contributed by atoms with Crippen molar-refractivity contribution in [2.75, 3.05) is 6.61 Å². The molecule has 0 fully saturated rings. The molecule has 0 aliphatic carbocycles. The van der Waals surface area contributed by atoms with E-state index in [1.165, 1.54) is 135 Å². The summed E-state index contributed by atoms with van der Waals surface area (Å²) in [6.45, 7) is 4.15. The molecule has 0 saturated heterocycles. The van der Waals surface area contributed by atoms with Crippen molar-refractivity contribution in [1.82, 2.24) is 5.32 Å². The Balaban J connectivity index is 3.72. The molecule has 3 unspecified atom stereocenters. The van der Waals surface area contributed by atoms with Gasteiger partial charge in [-0.05, 0) is 51.4 Å². The number of hydrogen-bond acceptors (Lipinski definition) is 4. The number of rotatable bonds is 36. The predicted octanol–water partition coefficient (Wildman–Crippen LogP) is 11.0. The van der Waals surface area contributed by atoms with Crippen LogP contribution in [0, 0.1) is 0 Å². The molecule has 0 aromatic carbocycles. The Bertz CT molecular complexity index is 679. The lowest BCUT2D eigenvalue weighted by molar-refractivity contribution is -0.124. The number of aliphatic hydroxyl groups excluding tert-OH is 3. The Kier molecular flexibility index (Phi) is 35.7. The Hall–Kier alpha value is -1.17. The van der Waals surface area contributed by atoms with Gasteiger partial charge in [0.15, 0.2) is 0 Å². The molecule has 0 aliphatic rings. The van der Waals surface area contributed by atoms with E-state index in [0.717, 1.165) is 44.9 Å². The molecule has 0 bridgehead atoms. The SMILES string of the molecule is CCCCCCCCCC/C=C/CC/C=C/CCCC(O)C(O)C(CO)NC(=O)CCCCCCCCCCCCCCCCC. The molecular formula is C41H79NO4. The number of amides is 1. The third-order valence-corrected chi connectivity index (χ3v) is 9.29. The summed E-state index contributed by atoms with van der Waals surface area (Å²) >= 11 is 0. The van der Waals surface area contributed by atoms with Crippen molar-refractivity contribution in [3.8, 4) is 0 Å². The maximum absolute atomic E-state index is 12.4. The molecule has 0 aromatic heterocycles. The van der Waals surface area contributed by atoms with Gasteiger partial charge in [-0.3, -0.25) is 4.79 Å². The molecule has 4 N–H and O–H groups in total. The van der Waals surface area contributed by atoms with Crippen LogP contribution >= 0.6 is 0 Å². The largest absolute Gasteiger partial charge is 0.394 e. The highest BCUT2D eigenvalue weighted by molar-refractivity contribution is 5.76. The number of carbonyl (C=O) groups excluding carboxylic acids is 1. The summed E-state index contributed by atoms with van der Waals surface area (Å²) in [5.41, 5.74) is 0. The van der Waals surface area contributed by atoms with Gasteiger partial charge in [0.1, 0.15) is 6.10 Å². The lowest BCUT2D eigenvalue weighted by Gasteiger charge is -2.26. The van der Waals surface area contributed by atoms with Crippen LogP contribution in [-0.2, 0) is 4.79 Å². The second-order valence-electron chi connectivity index (χ2n) is 13.8. The summed E-state index contributed by atoms with van der Waals surface area (Å²) < 4.78 is 0. The van der Waals surface area contributed by atoms with Crippen LogP contribution in [-0.4, -0.2) is 46.1 Å². The molecule has 0 spiro atoms. The monoisotopic (exact) mass is 650 g/mol. The van der Waals surface area contributed by atoms with Crippen LogP contribution in [0.25, 0.3) is 0 Å². The molecule has 0 aromatic rings. The van der Waals surface area contributed by atoms with Crippen LogP contribution in [0.1, 0.15) is 206 Å². The molecule has 0 rings (SSSR count). The van der Waals surface area contributed by atoms with E-state index in [4.69, 9.17) is 0 Å². The number of allylic oxidation sites excluding steroid dienone is 4. The van der Waals surface area contributed by atoms with Crippen LogP contribution in [0.15, 0.2) is 24.3 Å². The fraction of sp³-hybridized carbons (Fsp3) is 0.878. The molecule has 0 aliphatic heterocycles. The molecule has 0 radical (unpaired) electrons. The Morgan fingerprint density at radius 2 is 0.891 bits per heavy atom. The summed E-state index contributed by atoms with van der Waals surface area (Å²) in [5, 5.41) is 33.4. The zero-order valence-corrected chi connectivity index (χ0v) is 30.7. The minimum Gasteiger partial charge on any atom is -0.394 e. The maximum atomic E-state index is 12.4. The molecule has 1 amide bonds. The van der Waals surface area contributed by atoms with E-state index in [1.807, 2.05) is 0 Å². The summed E-state index contributed by atoms with van der Waals surface area (Å²) in [5.74, 6) is -0.158. The van der Waals surface area contributed by atoms with Crippen molar-refractivity contribution in [2.24, 2.45) is 0 Å². The van der Waals surface area contributed by atoms with Crippen LogP contribution in [0.3, 0.4) is 0 Å². The molecule has 5 nitrogen and oxygen atoms in total. The maximum Gasteiger partial charge on any atom is 0.220 e. The lowest BCUT2D eigenvalue weighted by Crippen LogP contribution is -2.50. The van der Waals surface area contributed by atoms with Gasteiger partial charge in [0.2, 0.25) is 5.91 Å². The highest BCUT2D eigenvalue weighted by Crippen LogP contribution is 2.15. The first kappa shape index (κ1) is 44.8. The molecule has 272 valence electrons. The summed E-state index contributed by atoms with van der Waals surface area (Å²) in [4.78, 5) is 12.4. The van der Waals surface area contributed by atoms with E-state index in [2.05, 4.69) is 43.5 Å². The van der Waals surface area contributed by atoms with Crippen LogP contribution < -0.4 is 5.32 Å². The first-order chi connectivity index (χ1) is 22.6. The quantitative estimate of drug-likeness (QED) is 0.0401. The summed E-state index contributed by atoms with van der Waals surface area (Å²) in [7, 11) is 0. The normalized spacial score (nSPS) is 13.9. The first-order valence-corrected chi connectivity index (χ1v) is 20.1. The molecule has 0 heterocycles. The van der Waals surface area contributed by atoms with Gasteiger partial charge in [-0.25, -0.2) is 0 Å². The van der Waals surface area contributed by atoms with Crippen molar-refractivity contribution in [3.05, 3.63) is 24.3 Å². The molecule has 0 saturated carbocycles. The third kappa shape index (κ3) is 31.4. The second kappa shape index (κ2) is 36.7. The predicted molar refractivity (Wildman–Crippen MR) is 199 cm³/mol. The van der Waals surface area contributed by atoms with E-state index in [9.17, 15) is 20.1 Å². The van der Waals surface area contributed by atoms with Gasteiger partial charge in [-0.1, -0.05) is 173 Å².